The third-order valence-corrected chi connectivity index (χ3v) is 2.54. The van der Waals surface area contributed by atoms with E-state index in [4.69, 9.17) is 15.6 Å². The van der Waals surface area contributed by atoms with E-state index in [0.29, 0.717) is 4.57 Å². The van der Waals surface area contributed by atoms with Gasteiger partial charge in [0, 0.05) is 6.42 Å². The summed E-state index contributed by atoms with van der Waals surface area (Å²) >= 11 is 0. The number of anilines is 1. The quantitative estimate of drug-likeness (QED) is 0.741. The average molecular weight is 247 g/mol. The predicted octanol–water partition coefficient (Wildman–Crippen LogP) is -0.417. The normalized spacial score (nSPS) is 28.5. The van der Waals surface area contributed by atoms with Gasteiger partial charge in [0.2, 0.25) is 0 Å². The van der Waals surface area contributed by atoms with Crippen LogP contribution in [0, 0.1) is 5.82 Å². The van der Waals surface area contributed by atoms with Crippen LogP contribution in [0.15, 0.2) is 11.0 Å². The largest absolute Gasteiger partial charge is 0.394 e. The van der Waals surface area contributed by atoms with Gasteiger partial charge < -0.3 is 15.6 Å². The zero-order chi connectivity index (χ0) is 12.6. The van der Waals surface area contributed by atoms with E-state index in [1.54, 1.807) is 0 Å². The van der Waals surface area contributed by atoms with E-state index in [9.17, 15) is 13.6 Å². The SMILES string of the molecule is Nc1nc(=O)n([C@H]2O[C@H](CO)C[C@H]2F)cc1F. The average Bonchev–Trinajstić information content (AvgIpc) is 2.65. The van der Waals surface area contributed by atoms with Crippen LogP contribution in [0.3, 0.4) is 0 Å². The predicted molar refractivity (Wildman–Crippen MR) is 53.4 cm³/mol. The van der Waals surface area contributed by atoms with Gasteiger partial charge in [-0.15, -0.1) is 0 Å². The molecule has 0 amide bonds. The first-order valence-corrected chi connectivity index (χ1v) is 4.97. The molecule has 0 saturated carbocycles. The monoisotopic (exact) mass is 247 g/mol. The van der Waals surface area contributed by atoms with E-state index in [2.05, 4.69) is 4.98 Å². The van der Waals surface area contributed by atoms with Gasteiger partial charge in [-0.1, -0.05) is 0 Å². The Hall–Kier alpha value is -1.54. The van der Waals surface area contributed by atoms with Crippen LogP contribution in [-0.2, 0) is 4.74 Å². The Bertz CT molecular complexity index is 479. The van der Waals surface area contributed by atoms with Crippen LogP contribution in [0.25, 0.3) is 0 Å². The van der Waals surface area contributed by atoms with E-state index < -0.39 is 35.8 Å². The lowest BCUT2D eigenvalue weighted by atomic mass is 10.2. The van der Waals surface area contributed by atoms with Crippen LogP contribution in [0.2, 0.25) is 0 Å². The lowest BCUT2D eigenvalue weighted by Crippen LogP contribution is -2.31. The number of ether oxygens (including phenoxy) is 1. The minimum absolute atomic E-state index is 0.0560. The first kappa shape index (κ1) is 11.9. The molecule has 6 nitrogen and oxygen atoms in total. The Morgan fingerprint density at radius 2 is 2.41 bits per heavy atom. The Kier molecular flexibility index (Phi) is 3.07. The van der Waals surface area contributed by atoms with Crippen molar-refractivity contribution >= 4 is 5.82 Å². The van der Waals surface area contributed by atoms with Crippen molar-refractivity contribution in [3.63, 3.8) is 0 Å². The second-order valence-electron chi connectivity index (χ2n) is 3.75. The molecule has 0 radical (unpaired) electrons. The van der Waals surface area contributed by atoms with Crippen LogP contribution in [-0.4, -0.2) is 33.5 Å². The highest BCUT2D eigenvalue weighted by molar-refractivity contribution is 5.26. The third-order valence-electron chi connectivity index (χ3n) is 2.54. The maximum Gasteiger partial charge on any atom is 0.351 e. The maximum atomic E-state index is 13.5. The second-order valence-corrected chi connectivity index (χ2v) is 3.75. The second kappa shape index (κ2) is 4.38. The van der Waals surface area contributed by atoms with Crippen molar-refractivity contribution in [2.24, 2.45) is 0 Å². The Labute approximate surface area is 94.6 Å². The van der Waals surface area contributed by atoms with E-state index in [-0.39, 0.29) is 13.0 Å². The van der Waals surface area contributed by atoms with Crippen LogP contribution < -0.4 is 11.4 Å². The zero-order valence-electron chi connectivity index (χ0n) is 8.72. The third kappa shape index (κ3) is 2.13. The Morgan fingerprint density at radius 1 is 1.71 bits per heavy atom. The first-order chi connectivity index (χ1) is 8.02. The van der Waals surface area contributed by atoms with Crippen molar-refractivity contribution in [1.82, 2.24) is 9.55 Å². The lowest BCUT2D eigenvalue weighted by molar-refractivity contribution is -0.0397. The molecule has 0 spiro atoms. The van der Waals surface area contributed by atoms with Gasteiger partial charge >= 0.3 is 5.69 Å². The van der Waals surface area contributed by atoms with Crippen LogP contribution in [0.1, 0.15) is 12.6 Å². The Balaban J connectivity index is 2.35. The number of rotatable bonds is 2. The summed E-state index contributed by atoms with van der Waals surface area (Å²) in [5.74, 6) is -1.47. The molecule has 1 aromatic heterocycles. The number of aliphatic hydroxyl groups excluding tert-OH is 1. The van der Waals surface area contributed by atoms with Crippen LogP contribution >= 0.6 is 0 Å². The van der Waals surface area contributed by atoms with Gasteiger partial charge in [-0.05, 0) is 0 Å². The summed E-state index contributed by atoms with van der Waals surface area (Å²) in [5, 5.41) is 8.83. The molecule has 0 unspecified atom stereocenters. The van der Waals surface area contributed by atoms with Crippen molar-refractivity contribution in [3.8, 4) is 0 Å². The van der Waals surface area contributed by atoms with E-state index in [1.165, 1.54) is 0 Å². The summed E-state index contributed by atoms with van der Waals surface area (Å²) < 4.78 is 32.5. The summed E-state index contributed by atoms with van der Waals surface area (Å²) in [6.07, 6.45) is -2.79. The highest BCUT2D eigenvalue weighted by atomic mass is 19.1. The number of aliphatic hydroxyl groups is 1. The molecule has 1 aromatic rings. The molecule has 1 saturated heterocycles. The summed E-state index contributed by atoms with van der Waals surface area (Å²) in [5.41, 5.74) is 4.21. The minimum atomic E-state index is -1.50. The summed E-state index contributed by atoms with van der Waals surface area (Å²) in [6, 6.07) is 0. The van der Waals surface area contributed by atoms with Crippen molar-refractivity contribution in [2.75, 3.05) is 12.3 Å². The minimum Gasteiger partial charge on any atom is -0.394 e. The fourth-order valence-electron chi connectivity index (χ4n) is 1.70. The van der Waals surface area contributed by atoms with Gasteiger partial charge in [0.25, 0.3) is 0 Å². The molecule has 3 atom stereocenters. The molecule has 1 fully saturated rings. The number of hydrogen-bond acceptors (Lipinski definition) is 5. The molecule has 94 valence electrons. The van der Waals surface area contributed by atoms with E-state index in [1.807, 2.05) is 0 Å². The van der Waals surface area contributed by atoms with Crippen molar-refractivity contribution < 1.29 is 18.6 Å². The lowest BCUT2D eigenvalue weighted by Gasteiger charge is -2.16. The number of halogens is 2. The molecule has 0 bridgehead atoms. The summed E-state index contributed by atoms with van der Waals surface area (Å²) in [6.45, 7) is -0.365. The van der Waals surface area contributed by atoms with Crippen molar-refractivity contribution in [3.05, 3.63) is 22.5 Å². The van der Waals surface area contributed by atoms with E-state index in [0.717, 1.165) is 6.20 Å². The van der Waals surface area contributed by atoms with Gasteiger partial charge in [-0.3, -0.25) is 4.57 Å². The van der Waals surface area contributed by atoms with Crippen molar-refractivity contribution in [1.29, 1.82) is 0 Å². The zero-order valence-corrected chi connectivity index (χ0v) is 8.72. The highest BCUT2D eigenvalue weighted by Crippen LogP contribution is 2.30. The number of nitrogens with two attached hydrogens (primary N) is 1. The Morgan fingerprint density at radius 3 is 3.00 bits per heavy atom. The molecular weight excluding hydrogens is 236 g/mol. The molecule has 1 aliphatic rings. The highest BCUT2D eigenvalue weighted by Gasteiger charge is 2.37. The van der Waals surface area contributed by atoms with E-state index >= 15 is 0 Å². The molecule has 2 rings (SSSR count). The van der Waals surface area contributed by atoms with Crippen molar-refractivity contribution in [2.45, 2.75) is 24.9 Å². The molecule has 3 N–H and O–H groups in total. The molecule has 0 aliphatic carbocycles. The first-order valence-electron chi connectivity index (χ1n) is 4.97. The molecule has 0 aromatic carbocycles. The van der Waals surface area contributed by atoms with Gasteiger partial charge in [-0.2, -0.15) is 4.98 Å². The van der Waals surface area contributed by atoms with Crippen LogP contribution in [0.5, 0.6) is 0 Å². The number of nitrogens with zero attached hydrogens (tertiary/aromatic N) is 2. The fraction of sp³-hybridized carbons (Fsp3) is 0.556. The summed E-state index contributed by atoms with van der Waals surface area (Å²) in [7, 11) is 0. The molecule has 17 heavy (non-hydrogen) atoms. The van der Waals surface area contributed by atoms with Crippen LogP contribution in [0.4, 0.5) is 14.6 Å². The standard InChI is InChI=1S/C9H11F2N3O3/c10-5-1-4(3-15)17-8(5)14-2-6(11)7(12)13-9(14)16/h2,4-5,8,15H,1,3H2,(H2,12,13,16)/t4-,5+,8-/m0/s1. The number of nitrogen functional groups attached to an aromatic ring is 1. The van der Waals surface area contributed by atoms with Gasteiger partial charge in [0.15, 0.2) is 17.9 Å². The van der Waals surface area contributed by atoms with Gasteiger partial charge in [0.1, 0.15) is 6.17 Å². The number of aromatic nitrogens is 2. The van der Waals surface area contributed by atoms with Gasteiger partial charge in [0.05, 0.1) is 18.9 Å². The molecule has 1 aliphatic heterocycles. The maximum absolute atomic E-state index is 13.5. The molecule has 2 heterocycles. The summed E-state index contributed by atoms with van der Waals surface area (Å²) in [4.78, 5) is 14.6. The number of alkyl halides is 1. The molecular formula is C9H11F2N3O3. The smallest absolute Gasteiger partial charge is 0.351 e. The topological polar surface area (TPSA) is 90.4 Å². The molecule has 8 heteroatoms. The van der Waals surface area contributed by atoms with Gasteiger partial charge in [-0.25, -0.2) is 13.6 Å². The number of hydrogen-bond donors (Lipinski definition) is 2. The fourth-order valence-corrected chi connectivity index (χ4v) is 1.70.